The fourth-order valence-corrected chi connectivity index (χ4v) is 1.98. The van der Waals surface area contributed by atoms with Gasteiger partial charge in [-0.05, 0) is 18.2 Å². The molecule has 2 heterocycles. The molecule has 0 saturated carbocycles. The zero-order chi connectivity index (χ0) is 14.4. The van der Waals surface area contributed by atoms with Crippen molar-refractivity contribution in [2.24, 2.45) is 0 Å². The van der Waals surface area contributed by atoms with Crippen LogP contribution in [0.4, 0.5) is 18.9 Å². The van der Waals surface area contributed by atoms with Gasteiger partial charge in [0.25, 0.3) is 0 Å². The average Bonchev–Trinajstić information content (AvgIpc) is 2.85. The highest BCUT2D eigenvalue weighted by atomic mass is 35.5. The van der Waals surface area contributed by atoms with E-state index in [1.165, 1.54) is 16.7 Å². The van der Waals surface area contributed by atoms with Crippen LogP contribution in [0.15, 0.2) is 24.4 Å². The number of halogens is 4. The van der Waals surface area contributed by atoms with E-state index in [9.17, 15) is 13.2 Å². The molecule has 20 heavy (non-hydrogen) atoms. The van der Waals surface area contributed by atoms with Crippen molar-refractivity contribution >= 4 is 22.9 Å². The lowest BCUT2D eigenvalue weighted by Crippen LogP contribution is -1.98. The van der Waals surface area contributed by atoms with Gasteiger partial charge >= 0.3 is 0 Å². The van der Waals surface area contributed by atoms with Crippen molar-refractivity contribution in [2.75, 3.05) is 5.73 Å². The van der Waals surface area contributed by atoms with Gasteiger partial charge in [0, 0.05) is 6.20 Å². The molecule has 0 radical (unpaired) electrons. The monoisotopic (exact) mass is 298 g/mol. The smallest absolute Gasteiger partial charge is 0.195 e. The minimum absolute atomic E-state index is 0.000216. The highest BCUT2D eigenvalue weighted by molar-refractivity contribution is 6.33. The summed E-state index contributed by atoms with van der Waals surface area (Å²) in [7, 11) is 0. The molecule has 0 aliphatic rings. The number of pyridine rings is 1. The van der Waals surface area contributed by atoms with E-state index in [0.717, 1.165) is 12.1 Å². The Morgan fingerprint density at radius 3 is 2.55 bits per heavy atom. The molecule has 2 N–H and O–H groups in total. The van der Waals surface area contributed by atoms with E-state index in [4.69, 9.17) is 17.3 Å². The molecular weight excluding hydrogens is 293 g/mol. The third-order valence-corrected chi connectivity index (χ3v) is 3.17. The summed E-state index contributed by atoms with van der Waals surface area (Å²) in [5.74, 6) is -4.18. The summed E-state index contributed by atoms with van der Waals surface area (Å²) in [4.78, 5) is 0. The average molecular weight is 299 g/mol. The van der Waals surface area contributed by atoms with Crippen molar-refractivity contribution in [2.45, 2.75) is 0 Å². The van der Waals surface area contributed by atoms with Crippen molar-refractivity contribution in [3.05, 3.63) is 46.9 Å². The maximum absolute atomic E-state index is 13.8. The lowest BCUT2D eigenvalue weighted by molar-refractivity contribution is 0.448. The molecule has 3 aromatic rings. The Hall–Kier alpha value is -2.28. The number of hydrogen-bond donors (Lipinski definition) is 1. The number of nitrogens with zero attached hydrogens (tertiary/aromatic N) is 3. The van der Waals surface area contributed by atoms with Gasteiger partial charge in [0.2, 0.25) is 0 Å². The summed E-state index contributed by atoms with van der Waals surface area (Å²) in [6.45, 7) is 0. The summed E-state index contributed by atoms with van der Waals surface area (Å²) in [6.07, 6.45) is 1.46. The van der Waals surface area contributed by atoms with Crippen LogP contribution in [-0.2, 0) is 0 Å². The number of hydrogen-bond acceptors (Lipinski definition) is 3. The van der Waals surface area contributed by atoms with Crippen molar-refractivity contribution in [3.8, 4) is 11.4 Å². The summed E-state index contributed by atoms with van der Waals surface area (Å²) in [5, 5.41) is 7.78. The molecule has 0 saturated heterocycles. The Bertz CT molecular complexity index is 831. The van der Waals surface area contributed by atoms with E-state index in [1.54, 1.807) is 0 Å². The Morgan fingerprint density at radius 1 is 1.05 bits per heavy atom. The maximum Gasteiger partial charge on any atom is 0.195 e. The molecule has 4 nitrogen and oxygen atoms in total. The first-order valence-electron chi connectivity index (χ1n) is 5.43. The quantitative estimate of drug-likeness (QED) is 0.703. The van der Waals surface area contributed by atoms with Crippen LogP contribution in [-0.4, -0.2) is 14.6 Å². The number of aromatic nitrogens is 3. The van der Waals surface area contributed by atoms with Gasteiger partial charge in [0.15, 0.2) is 28.9 Å². The van der Waals surface area contributed by atoms with Crippen molar-refractivity contribution < 1.29 is 13.2 Å². The Labute approximate surface area is 115 Å². The first kappa shape index (κ1) is 12.7. The summed E-state index contributed by atoms with van der Waals surface area (Å²) < 4.78 is 41.3. The lowest BCUT2D eigenvalue weighted by Gasteiger charge is -2.04. The van der Waals surface area contributed by atoms with Gasteiger partial charge in [-0.2, -0.15) is 0 Å². The molecule has 0 fully saturated rings. The third kappa shape index (κ3) is 1.70. The lowest BCUT2D eigenvalue weighted by atomic mass is 10.2. The van der Waals surface area contributed by atoms with E-state index < -0.39 is 17.5 Å². The highest BCUT2D eigenvalue weighted by Crippen LogP contribution is 2.28. The first-order valence-corrected chi connectivity index (χ1v) is 5.81. The minimum Gasteiger partial charge on any atom is -0.394 e. The van der Waals surface area contributed by atoms with Crippen molar-refractivity contribution in [1.82, 2.24) is 14.6 Å². The standard InChI is InChI=1S/C12H6ClF3N4/c13-6-3-4-20-11(18-19-12(20)10(6)17)5-1-2-7(14)9(16)8(5)15/h1-4H,17H2. The molecule has 1 aromatic carbocycles. The van der Waals surface area contributed by atoms with E-state index in [1.807, 2.05) is 0 Å². The number of rotatable bonds is 1. The SMILES string of the molecule is Nc1c(Cl)ccn2c(-c3ccc(F)c(F)c3F)nnc12. The van der Waals surface area contributed by atoms with Crippen LogP contribution in [0.3, 0.4) is 0 Å². The van der Waals surface area contributed by atoms with E-state index in [-0.39, 0.29) is 27.7 Å². The zero-order valence-corrected chi connectivity index (χ0v) is 10.5. The van der Waals surface area contributed by atoms with E-state index in [2.05, 4.69) is 10.2 Å². The van der Waals surface area contributed by atoms with E-state index >= 15 is 0 Å². The number of benzene rings is 1. The third-order valence-electron chi connectivity index (χ3n) is 2.84. The number of fused-ring (bicyclic) bond motifs is 1. The molecule has 102 valence electrons. The second kappa shape index (κ2) is 4.38. The predicted octanol–water partition coefficient (Wildman–Crippen LogP) is 3.05. The molecule has 0 aliphatic heterocycles. The van der Waals surface area contributed by atoms with Crippen LogP contribution in [0.2, 0.25) is 5.02 Å². The van der Waals surface area contributed by atoms with Gasteiger partial charge in [-0.1, -0.05) is 11.6 Å². The van der Waals surface area contributed by atoms with Crippen LogP contribution in [0.5, 0.6) is 0 Å². The minimum atomic E-state index is -1.57. The number of nitrogen functional groups attached to an aromatic ring is 1. The summed E-state index contributed by atoms with van der Waals surface area (Å²) in [6, 6.07) is 3.36. The molecule has 0 bridgehead atoms. The second-order valence-electron chi connectivity index (χ2n) is 4.02. The van der Waals surface area contributed by atoms with Crippen LogP contribution in [0.25, 0.3) is 17.0 Å². The van der Waals surface area contributed by atoms with Gasteiger partial charge in [-0.3, -0.25) is 4.40 Å². The first-order chi connectivity index (χ1) is 9.50. The molecule has 0 aliphatic carbocycles. The van der Waals surface area contributed by atoms with Crippen LogP contribution in [0.1, 0.15) is 0 Å². The molecule has 8 heteroatoms. The highest BCUT2D eigenvalue weighted by Gasteiger charge is 2.19. The van der Waals surface area contributed by atoms with Crippen LogP contribution < -0.4 is 5.73 Å². The molecule has 0 amide bonds. The molecule has 3 rings (SSSR count). The normalized spacial score (nSPS) is 11.2. The molecule has 2 aromatic heterocycles. The Morgan fingerprint density at radius 2 is 1.80 bits per heavy atom. The summed E-state index contributed by atoms with van der Waals surface area (Å²) >= 11 is 5.83. The fourth-order valence-electron chi connectivity index (χ4n) is 1.84. The topological polar surface area (TPSA) is 56.2 Å². The van der Waals surface area contributed by atoms with Gasteiger partial charge in [-0.25, -0.2) is 13.2 Å². The molecule has 0 atom stereocenters. The molecular formula is C12H6ClF3N4. The Balaban J connectivity index is 2.31. The van der Waals surface area contributed by atoms with Gasteiger partial charge < -0.3 is 5.73 Å². The zero-order valence-electron chi connectivity index (χ0n) is 9.74. The van der Waals surface area contributed by atoms with Gasteiger partial charge in [0.05, 0.1) is 16.3 Å². The number of anilines is 1. The van der Waals surface area contributed by atoms with Crippen LogP contribution >= 0.6 is 11.6 Å². The maximum atomic E-state index is 13.8. The fraction of sp³-hybridized carbons (Fsp3) is 0. The van der Waals surface area contributed by atoms with Crippen LogP contribution in [0, 0.1) is 17.5 Å². The van der Waals surface area contributed by atoms with Crippen molar-refractivity contribution in [3.63, 3.8) is 0 Å². The largest absolute Gasteiger partial charge is 0.394 e. The molecule has 0 spiro atoms. The summed E-state index contributed by atoms with van der Waals surface area (Å²) in [5.41, 5.74) is 5.86. The second-order valence-corrected chi connectivity index (χ2v) is 4.42. The van der Waals surface area contributed by atoms with Gasteiger partial charge in [-0.15, -0.1) is 10.2 Å². The number of nitrogens with two attached hydrogens (primary N) is 1. The van der Waals surface area contributed by atoms with E-state index in [0.29, 0.717) is 0 Å². The van der Waals surface area contributed by atoms with Crippen molar-refractivity contribution in [1.29, 1.82) is 0 Å². The molecule has 0 unspecified atom stereocenters. The van der Waals surface area contributed by atoms with Gasteiger partial charge in [0.1, 0.15) is 0 Å². The Kier molecular flexibility index (Phi) is 2.79. The predicted molar refractivity (Wildman–Crippen MR) is 67.7 cm³/mol.